The first kappa shape index (κ1) is 10.1. The number of rotatable bonds is 5. The quantitative estimate of drug-likeness (QED) is 0.567. The molecule has 0 bridgehead atoms. The highest BCUT2D eigenvalue weighted by molar-refractivity contribution is 5.87. The van der Waals surface area contributed by atoms with E-state index < -0.39 is 0 Å². The predicted molar refractivity (Wildman–Crippen MR) is 44.4 cm³/mol. The van der Waals surface area contributed by atoms with Crippen molar-refractivity contribution in [1.82, 2.24) is 0 Å². The summed E-state index contributed by atoms with van der Waals surface area (Å²) in [7, 11) is 0. The van der Waals surface area contributed by atoms with Crippen LogP contribution in [0.4, 0.5) is 0 Å². The molecule has 0 fully saturated rings. The van der Waals surface area contributed by atoms with Crippen molar-refractivity contribution < 1.29 is 9.59 Å². The summed E-state index contributed by atoms with van der Waals surface area (Å²) in [5.74, 6) is 0.284. The predicted octanol–water partition coefficient (Wildman–Crippen LogP) is 1.89. The summed E-state index contributed by atoms with van der Waals surface area (Å²) < 4.78 is 0. The minimum Gasteiger partial charge on any atom is -0.300 e. The molecule has 0 aromatic heterocycles. The molecule has 2 heteroatoms. The minimum absolute atomic E-state index is 0.0361. The summed E-state index contributed by atoms with van der Waals surface area (Å²) in [4.78, 5) is 21.1. The van der Waals surface area contributed by atoms with Crippen molar-refractivity contribution in [1.29, 1.82) is 0 Å². The van der Waals surface area contributed by atoms with E-state index >= 15 is 0 Å². The number of carbonyl (C=O) groups is 2. The van der Waals surface area contributed by atoms with E-state index in [9.17, 15) is 9.59 Å². The Morgan fingerprint density at radius 2 is 2.00 bits per heavy atom. The van der Waals surface area contributed by atoms with E-state index in [0.29, 0.717) is 19.3 Å². The van der Waals surface area contributed by atoms with E-state index in [1.165, 1.54) is 13.0 Å². The van der Waals surface area contributed by atoms with Crippen molar-refractivity contribution in [3.8, 4) is 0 Å². The lowest BCUT2D eigenvalue weighted by atomic mass is 10.2. The Bertz CT molecular complexity index is 168. The van der Waals surface area contributed by atoms with Crippen LogP contribution in [-0.2, 0) is 9.59 Å². The third kappa shape index (κ3) is 6.97. The van der Waals surface area contributed by atoms with Crippen LogP contribution in [0.25, 0.3) is 0 Å². The van der Waals surface area contributed by atoms with Gasteiger partial charge in [0.05, 0.1) is 0 Å². The van der Waals surface area contributed by atoms with Crippen molar-refractivity contribution in [3.63, 3.8) is 0 Å². The summed E-state index contributed by atoms with van der Waals surface area (Å²) in [5, 5.41) is 0. The van der Waals surface area contributed by atoms with Gasteiger partial charge < -0.3 is 0 Å². The number of ketones is 2. The average molecular weight is 154 g/mol. The van der Waals surface area contributed by atoms with Crippen molar-refractivity contribution in [2.75, 3.05) is 0 Å². The van der Waals surface area contributed by atoms with Gasteiger partial charge >= 0.3 is 0 Å². The van der Waals surface area contributed by atoms with Gasteiger partial charge in [-0.15, -0.1) is 0 Å². The fourth-order valence-electron chi connectivity index (χ4n) is 0.670. The standard InChI is InChI=1S/C9H14O2/c1-3-9(11)7-5-4-6-8(2)10/h4,6H,3,5,7H2,1-2H3. The van der Waals surface area contributed by atoms with Crippen LogP contribution < -0.4 is 0 Å². The molecule has 62 valence electrons. The lowest BCUT2D eigenvalue weighted by Gasteiger charge is -1.90. The highest BCUT2D eigenvalue weighted by atomic mass is 16.1. The highest BCUT2D eigenvalue weighted by Gasteiger charge is 1.94. The molecule has 2 nitrogen and oxygen atoms in total. The molecule has 0 N–H and O–H groups in total. The van der Waals surface area contributed by atoms with E-state index in [1.807, 2.05) is 6.92 Å². The highest BCUT2D eigenvalue weighted by Crippen LogP contribution is 1.95. The van der Waals surface area contributed by atoms with Crippen LogP contribution in [0, 0.1) is 0 Å². The average Bonchev–Trinajstić information content (AvgIpc) is 1.97. The molecule has 11 heavy (non-hydrogen) atoms. The summed E-state index contributed by atoms with van der Waals surface area (Å²) in [6.45, 7) is 3.34. The molecule has 0 aromatic rings. The Morgan fingerprint density at radius 3 is 2.45 bits per heavy atom. The van der Waals surface area contributed by atoms with E-state index in [4.69, 9.17) is 0 Å². The Balaban J connectivity index is 3.41. The first-order valence-electron chi connectivity index (χ1n) is 3.85. The van der Waals surface area contributed by atoms with Gasteiger partial charge in [-0.3, -0.25) is 9.59 Å². The summed E-state index contributed by atoms with van der Waals surface area (Å²) in [6, 6.07) is 0. The normalized spacial score (nSPS) is 10.4. The molecule has 0 aromatic carbocycles. The van der Waals surface area contributed by atoms with Crippen LogP contribution in [0.3, 0.4) is 0 Å². The Kier molecular flexibility index (Phi) is 5.35. The summed E-state index contributed by atoms with van der Waals surface area (Å²) in [5.41, 5.74) is 0. The van der Waals surface area contributed by atoms with Gasteiger partial charge in [-0.25, -0.2) is 0 Å². The first-order chi connectivity index (χ1) is 5.16. The molecule has 0 saturated heterocycles. The van der Waals surface area contributed by atoms with Gasteiger partial charge in [-0.2, -0.15) is 0 Å². The monoisotopic (exact) mass is 154 g/mol. The molecule has 0 saturated carbocycles. The van der Waals surface area contributed by atoms with Crippen molar-refractivity contribution >= 4 is 11.6 Å². The van der Waals surface area contributed by atoms with Crippen LogP contribution in [0.1, 0.15) is 33.1 Å². The second-order valence-corrected chi connectivity index (χ2v) is 2.44. The maximum Gasteiger partial charge on any atom is 0.152 e. The van der Waals surface area contributed by atoms with Gasteiger partial charge in [0.1, 0.15) is 5.78 Å². The molecule has 0 radical (unpaired) electrons. The third-order valence-electron chi connectivity index (χ3n) is 1.34. The largest absolute Gasteiger partial charge is 0.300 e. The first-order valence-corrected chi connectivity index (χ1v) is 3.85. The minimum atomic E-state index is 0.0361. The van der Waals surface area contributed by atoms with Gasteiger partial charge in [0.2, 0.25) is 0 Å². The molecule has 0 amide bonds. The van der Waals surface area contributed by atoms with Crippen molar-refractivity contribution in [2.45, 2.75) is 33.1 Å². The van der Waals surface area contributed by atoms with E-state index in [2.05, 4.69) is 0 Å². The van der Waals surface area contributed by atoms with Crippen LogP contribution in [0.5, 0.6) is 0 Å². The molecule has 0 aliphatic rings. The maximum atomic E-state index is 10.7. The van der Waals surface area contributed by atoms with Gasteiger partial charge in [0.25, 0.3) is 0 Å². The van der Waals surface area contributed by atoms with Crippen LogP contribution in [-0.4, -0.2) is 11.6 Å². The Hall–Kier alpha value is -0.920. The van der Waals surface area contributed by atoms with E-state index in [-0.39, 0.29) is 11.6 Å². The van der Waals surface area contributed by atoms with E-state index in [1.54, 1.807) is 6.08 Å². The Labute approximate surface area is 67.3 Å². The fraction of sp³-hybridized carbons (Fsp3) is 0.556. The smallest absolute Gasteiger partial charge is 0.152 e. The van der Waals surface area contributed by atoms with Crippen LogP contribution in [0.2, 0.25) is 0 Å². The number of Topliss-reactive ketones (excluding diaryl/α,β-unsaturated/α-hetero) is 1. The van der Waals surface area contributed by atoms with Gasteiger partial charge in [0, 0.05) is 12.8 Å². The molecule has 0 aliphatic carbocycles. The Morgan fingerprint density at radius 1 is 1.36 bits per heavy atom. The second kappa shape index (κ2) is 5.83. The van der Waals surface area contributed by atoms with E-state index in [0.717, 1.165) is 0 Å². The number of carbonyl (C=O) groups excluding carboxylic acids is 2. The molecule has 0 aliphatic heterocycles. The van der Waals surface area contributed by atoms with Crippen molar-refractivity contribution in [3.05, 3.63) is 12.2 Å². The molecular formula is C9H14O2. The van der Waals surface area contributed by atoms with Crippen LogP contribution >= 0.6 is 0 Å². The number of allylic oxidation sites excluding steroid dienone is 2. The zero-order valence-electron chi connectivity index (χ0n) is 7.09. The molecule has 0 rings (SSSR count). The zero-order valence-corrected chi connectivity index (χ0v) is 7.09. The summed E-state index contributed by atoms with van der Waals surface area (Å²) in [6.07, 6.45) is 5.08. The van der Waals surface area contributed by atoms with Gasteiger partial charge in [0.15, 0.2) is 5.78 Å². The number of hydrogen-bond acceptors (Lipinski definition) is 2. The fourth-order valence-corrected chi connectivity index (χ4v) is 0.670. The summed E-state index contributed by atoms with van der Waals surface area (Å²) >= 11 is 0. The molecular weight excluding hydrogens is 140 g/mol. The zero-order chi connectivity index (χ0) is 8.69. The lowest BCUT2D eigenvalue weighted by Crippen LogP contribution is -1.92. The topological polar surface area (TPSA) is 34.1 Å². The lowest BCUT2D eigenvalue weighted by molar-refractivity contribution is -0.118. The maximum absolute atomic E-state index is 10.7. The van der Waals surface area contributed by atoms with Crippen molar-refractivity contribution in [2.24, 2.45) is 0 Å². The molecule has 0 unspecified atom stereocenters. The number of hydrogen-bond donors (Lipinski definition) is 0. The van der Waals surface area contributed by atoms with Crippen LogP contribution in [0.15, 0.2) is 12.2 Å². The molecule has 0 spiro atoms. The third-order valence-corrected chi connectivity index (χ3v) is 1.34. The molecule has 0 heterocycles. The second-order valence-electron chi connectivity index (χ2n) is 2.44. The van der Waals surface area contributed by atoms with Gasteiger partial charge in [-0.05, 0) is 19.4 Å². The molecule has 0 atom stereocenters. The SMILES string of the molecule is CCC(=O)CCC=CC(C)=O. The van der Waals surface area contributed by atoms with Gasteiger partial charge in [-0.1, -0.05) is 13.0 Å².